The van der Waals surface area contributed by atoms with E-state index in [0.29, 0.717) is 11.5 Å². The molecule has 2 atom stereocenters. The monoisotopic (exact) mass is 343 g/mol. The number of benzene rings is 1. The fourth-order valence-electron chi connectivity index (χ4n) is 5.37. The Morgan fingerprint density at radius 3 is 2.60 bits per heavy atom. The summed E-state index contributed by atoms with van der Waals surface area (Å²) in [5.41, 5.74) is 8.46. The molecule has 1 spiro atoms. The van der Waals surface area contributed by atoms with Crippen molar-refractivity contribution in [2.45, 2.75) is 50.7 Å². The van der Waals surface area contributed by atoms with E-state index in [1.54, 1.807) is 0 Å². The Labute approximate surface area is 152 Å². The number of likely N-dealkylation sites (tertiary alicyclic amines) is 2. The van der Waals surface area contributed by atoms with Gasteiger partial charge in [0.1, 0.15) is 0 Å². The van der Waals surface area contributed by atoms with Crippen molar-refractivity contribution in [3.8, 4) is 0 Å². The van der Waals surface area contributed by atoms with Gasteiger partial charge in [-0.1, -0.05) is 30.3 Å². The fraction of sp³-hybridized carbons (Fsp3) is 0.714. The van der Waals surface area contributed by atoms with Crippen LogP contribution in [0, 0.1) is 5.41 Å². The summed E-state index contributed by atoms with van der Waals surface area (Å²) < 4.78 is 5.62. The highest BCUT2D eigenvalue weighted by molar-refractivity contribution is 5.16. The van der Waals surface area contributed by atoms with E-state index in [9.17, 15) is 0 Å². The highest BCUT2D eigenvalue weighted by Gasteiger charge is 2.50. The zero-order valence-electron chi connectivity index (χ0n) is 15.6. The molecule has 4 rings (SSSR count). The lowest BCUT2D eigenvalue weighted by atomic mass is 9.79. The van der Waals surface area contributed by atoms with E-state index >= 15 is 0 Å². The molecule has 2 N–H and O–H groups in total. The Bertz CT molecular complexity index is 572. The lowest BCUT2D eigenvalue weighted by Crippen LogP contribution is -2.55. The third kappa shape index (κ3) is 3.37. The van der Waals surface area contributed by atoms with E-state index in [1.807, 2.05) is 0 Å². The van der Waals surface area contributed by atoms with Crippen molar-refractivity contribution in [1.29, 1.82) is 0 Å². The van der Waals surface area contributed by atoms with Crippen molar-refractivity contribution in [2.24, 2.45) is 11.1 Å². The Morgan fingerprint density at radius 1 is 1.12 bits per heavy atom. The Balaban J connectivity index is 1.46. The van der Waals surface area contributed by atoms with Crippen LogP contribution in [0.4, 0.5) is 0 Å². The summed E-state index contributed by atoms with van der Waals surface area (Å²) in [7, 11) is 0. The summed E-state index contributed by atoms with van der Waals surface area (Å²) >= 11 is 0. The molecule has 3 heterocycles. The van der Waals surface area contributed by atoms with Crippen LogP contribution < -0.4 is 5.73 Å². The number of nitrogens with zero attached hydrogens (tertiary/aromatic N) is 2. The molecule has 1 aromatic rings. The zero-order valence-corrected chi connectivity index (χ0v) is 15.6. The first-order valence-electron chi connectivity index (χ1n) is 9.96. The van der Waals surface area contributed by atoms with Crippen molar-refractivity contribution in [2.75, 3.05) is 39.4 Å². The lowest BCUT2D eigenvalue weighted by Gasteiger charge is -2.40. The summed E-state index contributed by atoms with van der Waals surface area (Å²) in [6.45, 7) is 9.61. The van der Waals surface area contributed by atoms with Gasteiger partial charge in [-0.15, -0.1) is 0 Å². The Kier molecular flexibility index (Phi) is 4.89. The molecule has 138 valence electrons. The van der Waals surface area contributed by atoms with E-state index < -0.39 is 0 Å². The van der Waals surface area contributed by atoms with Gasteiger partial charge in [0, 0.05) is 51.0 Å². The molecule has 0 amide bonds. The average Bonchev–Trinajstić information content (AvgIpc) is 3.19. The number of hydrogen-bond acceptors (Lipinski definition) is 4. The molecule has 0 aromatic heterocycles. The first-order chi connectivity index (χ1) is 12.1. The molecule has 3 aliphatic rings. The minimum absolute atomic E-state index is 0.163. The van der Waals surface area contributed by atoms with Crippen LogP contribution in [0.25, 0.3) is 0 Å². The molecule has 4 heteroatoms. The van der Waals surface area contributed by atoms with Crippen molar-refractivity contribution in [1.82, 2.24) is 9.80 Å². The maximum Gasteiger partial charge on any atom is 0.0473 e. The number of rotatable bonds is 4. The predicted molar refractivity (Wildman–Crippen MR) is 101 cm³/mol. The highest BCUT2D eigenvalue weighted by atomic mass is 16.5. The van der Waals surface area contributed by atoms with Crippen LogP contribution in [0.3, 0.4) is 0 Å². The van der Waals surface area contributed by atoms with Gasteiger partial charge < -0.3 is 10.5 Å². The minimum atomic E-state index is 0.163. The summed E-state index contributed by atoms with van der Waals surface area (Å²) in [4.78, 5) is 5.39. The van der Waals surface area contributed by atoms with Crippen LogP contribution in [0.1, 0.15) is 38.2 Å². The molecule has 3 fully saturated rings. The van der Waals surface area contributed by atoms with E-state index in [1.165, 1.54) is 44.3 Å². The van der Waals surface area contributed by atoms with Crippen molar-refractivity contribution in [3.05, 3.63) is 35.9 Å². The van der Waals surface area contributed by atoms with Crippen LogP contribution in [0.5, 0.6) is 0 Å². The maximum atomic E-state index is 6.39. The van der Waals surface area contributed by atoms with E-state index in [2.05, 4.69) is 47.1 Å². The van der Waals surface area contributed by atoms with Gasteiger partial charge in [-0.25, -0.2) is 0 Å². The molecule has 1 aromatic carbocycles. The second kappa shape index (κ2) is 6.99. The summed E-state index contributed by atoms with van der Waals surface area (Å²) in [6.07, 6.45) is 4.98. The molecule has 3 saturated heterocycles. The second-order valence-corrected chi connectivity index (χ2v) is 8.66. The van der Waals surface area contributed by atoms with Crippen molar-refractivity contribution < 1.29 is 4.74 Å². The van der Waals surface area contributed by atoms with Gasteiger partial charge in [-0.3, -0.25) is 9.80 Å². The van der Waals surface area contributed by atoms with Crippen molar-refractivity contribution in [3.63, 3.8) is 0 Å². The van der Waals surface area contributed by atoms with Crippen LogP contribution in [0.15, 0.2) is 30.3 Å². The highest BCUT2D eigenvalue weighted by Crippen LogP contribution is 2.44. The van der Waals surface area contributed by atoms with Crippen LogP contribution >= 0.6 is 0 Å². The summed E-state index contributed by atoms with van der Waals surface area (Å²) in [5, 5.41) is 0. The Morgan fingerprint density at radius 2 is 1.88 bits per heavy atom. The van der Waals surface area contributed by atoms with Gasteiger partial charge in [-0.05, 0) is 50.1 Å². The van der Waals surface area contributed by atoms with Gasteiger partial charge in [0.05, 0.1) is 0 Å². The van der Waals surface area contributed by atoms with Gasteiger partial charge in [0.25, 0.3) is 0 Å². The maximum absolute atomic E-state index is 6.39. The first-order valence-corrected chi connectivity index (χ1v) is 9.96. The minimum Gasteiger partial charge on any atom is -0.381 e. The smallest absolute Gasteiger partial charge is 0.0473 e. The molecule has 2 unspecified atom stereocenters. The largest absolute Gasteiger partial charge is 0.381 e. The third-order valence-corrected chi connectivity index (χ3v) is 7.07. The molecular formula is C21H33N3O. The number of nitrogens with two attached hydrogens (primary N) is 1. The van der Waals surface area contributed by atoms with Gasteiger partial charge >= 0.3 is 0 Å². The van der Waals surface area contributed by atoms with Gasteiger partial charge in [0.15, 0.2) is 0 Å². The molecule has 3 aliphatic heterocycles. The quantitative estimate of drug-likeness (QED) is 0.912. The summed E-state index contributed by atoms with van der Waals surface area (Å²) in [6, 6.07) is 11.4. The standard InChI is InChI=1S/C21H33N3O/c1-18-13-21(15-22,17-23(18)14-19-5-3-2-4-6-19)24-10-7-20(16-24)8-11-25-12-9-20/h2-6,18H,7-17,22H2,1H3. The summed E-state index contributed by atoms with van der Waals surface area (Å²) in [5.74, 6) is 0. The SMILES string of the molecule is CC1CC(CN)(N2CCC3(CCOCC3)C2)CN1Cc1ccccc1. The predicted octanol–water partition coefficient (Wildman–Crippen LogP) is 2.48. The zero-order chi connectivity index (χ0) is 17.3. The molecule has 25 heavy (non-hydrogen) atoms. The van der Waals surface area contributed by atoms with E-state index in [4.69, 9.17) is 10.5 Å². The first kappa shape index (κ1) is 17.5. The molecule has 4 nitrogen and oxygen atoms in total. The van der Waals surface area contributed by atoms with Crippen LogP contribution in [-0.4, -0.2) is 60.8 Å². The molecule has 0 aliphatic carbocycles. The van der Waals surface area contributed by atoms with Crippen LogP contribution in [0.2, 0.25) is 0 Å². The molecule has 0 bridgehead atoms. The lowest BCUT2D eigenvalue weighted by molar-refractivity contribution is 0.0111. The van der Waals surface area contributed by atoms with Crippen LogP contribution in [-0.2, 0) is 11.3 Å². The van der Waals surface area contributed by atoms with E-state index in [-0.39, 0.29) is 5.54 Å². The molecule has 0 radical (unpaired) electrons. The van der Waals surface area contributed by atoms with Crippen molar-refractivity contribution >= 4 is 0 Å². The van der Waals surface area contributed by atoms with Gasteiger partial charge in [-0.2, -0.15) is 0 Å². The molecular weight excluding hydrogens is 310 g/mol. The number of ether oxygens (including phenoxy) is 1. The van der Waals surface area contributed by atoms with E-state index in [0.717, 1.165) is 32.8 Å². The third-order valence-electron chi connectivity index (χ3n) is 7.07. The van der Waals surface area contributed by atoms with Gasteiger partial charge in [0.2, 0.25) is 0 Å². The second-order valence-electron chi connectivity index (χ2n) is 8.66. The average molecular weight is 344 g/mol. The Hall–Kier alpha value is -0.940. The molecule has 0 saturated carbocycles. The number of hydrogen-bond donors (Lipinski definition) is 1. The topological polar surface area (TPSA) is 41.7 Å². The fourth-order valence-corrected chi connectivity index (χ4v) is 5.37. The normalized spacial score (nSPS) is 33.3.